The summed E-state index contributed by atoms with van der Waals surface area (Å²) in [7, 11) is 0. The number of hydrogen-bond donors (Lipinski definition) is 0. The zero-order valence-corrected chi connectivity index (χ0v) is 9.26. The standard InChI is InChI=1S/C4H6S2Se2/c7-3-1-5-4(8)2-6-3/h3-4H,1-2H2. The van der Waals surface area contributed by atoms with Crippen LogP contribution >= 0.6 is 23.5 Å². The first-order chi connectivity index (χ1) is 3.79. The first-order valence-electron chi connectivity index (χ1n) is 2.34. The van der Waals surface area contributed by atoms with Crippen LogP contribution in [0.15, 0.2) is 0 Å². The van der Waals surface area contributed by atoms with Crippen LogP contribution in [0.2, 0.25) is 0 Å². The fourth-order valence-corrected chi connectivity index (χ4v) is 4.43. The van der Waals surface area contributed by atoms with Crippen molar-refractivity contribution in [2.24, 2.45) is 0 Å². The van der Waals surface area contributed by atoms with Crippen molar-refractivity contribution in [2.75, 3.05) is 11.5 Å². The normalized spacial score (nSPS) is 39.8. The van der Waals surface area contributed by atoms with Gasteiger partial charge in [-0.3, -0.25) is 0 Å². The van der Waals surface area contributed by atoms with Crippen molar-refractivity contribution >= 4 is 55.5 Å². The van der Waals surface area contributed by atoms with Crippen LogP contribution in [0.3, 0.4) is 0 Å². The van der Waals surface area contributed by atoms with Crippen molar-refractivity contribution in [3.63, 3.8) is 0 Å². The minimum atomic E-state index is 0.754. The third-order valence-electron chi connectivity index (χ3n) is 0.836. The van der Waals surface area contributed by atoms with E-state index in [-0.39, 0.29) is 0 Å². The Bertz CT molecular complexity index is 60.4. The van der Waals surface area contributed by atoms with Crippen molar-refractivity contribution in [2.45, 2.75) is 8.30 Å². The van der Waals surface area contributed by atoms with Gasteiger partial charge in [-0.2, -0.15) is 0 Å². The van der Waals surface area contributed by atoms with E-state index in [1.165, 1.54) is 11.5 Å². The molecule has 0 spiro atoms. The van der Waals surface area contributed by atoms with Gasteiger partial charge in [-0.15, -0.1) is 0 Å². The van der Waals surface area contributed by atoms with Crippen LogP contribution in [-0.2, 0) is 0 Å². The molecule has 1 rings (SSSR count). The van der Waals surface area contributed by atoms with Crippen molar-refractivity contribution in [1.82, 2.24) is 0 Å². The fraction of sp³-hybridized carbons (Fsp3) is 1.00. The Morgan fingerprint density at radius 2 is 1.38 bits per heavy atom. The predicted octanol–water partition coefficient (Wildman–Crippen LogP) is 0.456. The molecule has 1 saturated heterocycles. The van der Waals surface area contributed by atoms with Crippen LogP contribution in [0.25, 0.3) is 0 Å². The Morgan fingerprint density at radius 3 is 1.62 bits per heavy atom. The van der Waals surface area contributed by atoms with Crippen molar-refractivity contribution in [3.8, 4) is 0 Å². The Labute approximate surface area is 74.9 Å². The van der Waals surface area contributed by atoms with E-state index in [0.29, 0.717) is 0 Å². The summed E-state index contributed by atoms with van der Waals surface area (Å²) in [6, 6.07) is 0. The monoisotopic (exact) mass is 278 g/mol. The second kappa shape index (κ2) is 3.80. The molecule has 2 radical (unpaired) electrons. The predicted molar refractivity (Wildman–Crippen MR) is 44.0 cm³/mol. The average molecular weight is 276 g/mol. The Hall–Kier alpha value is 1.74. The van der Waals surface area contributed by atoms with Crippen LogP contribution in [0.5, 0.6) is 0 Å². The van der Waals surface area contributed by atoms with Crippen LogP contribution in [0.1, 0.15) is 0 Å². The van der Waals surface area contributed by atoms with Gasteiger partial charge in [-0.1, -0.05) is 0 Å². The summed E-state index contributed by atoms with van der Waals surface area (Å²) in [6.45, 7) is 0. The maximum atomic E-state index is 3.13. The fourth-order valence-electron chi connectivity index (χ4n) is 0.468. The van der Waals surface area contributed by atoms with E-state index in [1.807, 2.05) is 23.5 Å². The van der Waals surface area contributed by atoms with E-state index in [0.717, 1.165) is 8.30 Å². The maximum absolute atomic E-state index is 3.13. The summed E-state index contributed by atoms with van der Waals surface area (Å²) >= 11 is 10.3. The molecule has 0 N–H and O–H groups in total. The van der Waals surface area contributed by atoms with E-state index in [9.17, 15) is 0 Å². The zero-order chi connectivity index (χ0) is 5.98. The summed E-state index contributed by atoms with van der Waals surface area (Å²) < 4.78 is 1.51. The molecule has 0 aromatic carbocycles. The van der Waals surface area contributed by atoms with E-state index >= 15 is 0 Å². The van der Waals surface area contributed by atoms with Crippen molar-refractivity contribution in [1.29, 1.82) is 0 Å². The second-order valence-electron chi connectivity index (χ2n) is 1.53. The first-order valence-corrected chi connectivity index (χ1v) is 6.41. The molecule has 46 valence electrons. The zero-order valence-electron chi connectivity index (χ0n) is 4.20. The molecule has 0 saturated carbocycles. The van der Waals surface area contributed by atoms with Gasteiger partial charge < -0.3 is 0 Å². The van der Waals surface area contributed by atoms with Gasteiger partial charge >= 0.3 is 75.4 Å². The molecular formula is C4H6S2Se2. The first kappa shape index (κ1) is 7.84. The Balaban J connectivity index is 2.19. The topological polar surface area (TPSA) is 0 Å². The number of rotatable bonds is 0. The molecule has 1 aliphatic rings. The molecule has 0 aromatic rings. The minimum absolute atomic E-state index is 0.754. The summed E-state index contributed by atoms with van der Waals surface area (Å²) in [4.78, 5) is 0. The van der Waals surface area contributed by atoms with Gasteiger partial charge in [0.05, 0.1) is 0 Å². The molecule has 0 aliphatic carbocycles. The van der Waals surface area contributed by atoms with Gasteiger partial charge in [0, 0.05) is 0 Å². The van der Waals surface area contributed by atoms with Gasteiger partial charge in [-0.25, -0.2) is 0 Å². The number of hydrogen-bond acceptors (Lipinski definition) is 2. The third kappa shape index (κ3) is 2.55. The molecule has 0 aromatic heterocycles. The molecule has 0 amide bonds. The molecule has 1 aliphatic heterocycles. The summed E-state index contributed by atoms with van der Waals surface area (Å²) in [6.07, 6.45) is 0. The summed E-state index contributed by atoms with van der Waals surface area (Å²) in [5.41, 5.74) is 0. The van der Waals surface area contributed by atoms with Crippen LogP contribution < -0.4 is 0 Å². The van der Waals surface area contributed by atoms with E-state index in [4.69, 9.17) is 0 Å². The van der Waals surface area contributed by atoms with Crippen LogP contribution in [0, 0.1) is 0 Å². The summed E-state index contributed by atoms with van der Waals surface area (Å²) in [5, 5.41) is 0. The Morgan fingerprint density at radius 1 is 1.00 bits per heavy atom. The molecule has 1 heterocycles. The van der Waals surface area contributed by atoms with E-state index < -0.39 is 0 Å². The second-order valence-corrected chi connectivity index (χ2v) is 7.73. The van der Waals surface area contributed by atoms with Gasteiger partial charge in [0.15, 0.2) is 0 Å². The quantitative estimate of drug-likeness (QED) is 0.589. The van der Waals surface area contributed by atoms with Gasteiger partial charge in [0.1, 0.15) is 0 Å². The van der Waals surface area contributed by atoms with Crippen molar-refractivity contribution in [3.05, 3.63) is 0 Å². The molecule has 0 nitrogen and oxygen atoms in total. The Kier molecular flexibility index (Phi) is 3.72. The van der Waals surface area contributed by atoms with Crippen LogP contribution in [-0.4, -0.2) is 51.8 Å². The molecule has 4 heteroatoms. The average Bonchev–Trinajstić information content (AvgIpc) is 1.77. The molecule has 2 atom stereocenters. The molecule has 1 fully saturated rings. The molecule has 8 heavy (non-hydrogen) atoms. The van der Waals surface area contributed by atoms with Gasteiger partial charge in [-0.05, 0) is 0 Å². The third-order valence-corrected chi connectivity index (χ3v) is 6.75. The molecular weight excluding hydrogens is 270 g/mol. The van der Waals surface area contributed by atoms with Crippen LogP contribution in [0.4, 0.5) is 0 Å². The van der Waals surface area contributed by atoms with Gasteiger partial charge in [0.25, 0.3) is 0 Å². The number of thioether (sulfide) groups is 2. The van der Waals surface area contributed by atoms with Gasteiger partial charge in [0.2, 0.25) is 0 Å². The SMILES string of the molecule is [Se]C1CSC([Se])CS1. The van der Waals surface area contributed by atoms with E-state index in [2.05, 4.69) is 32.0 Å². The molecule has 2 unspecified atom stereocenters. The molecule has 0 bridgehead atoms. The van der Waals surface area contributed by atoms with Crippen molar-refractivity contribution < 1.29 is 0 Å². The van der Waals surface area contributed by atoms with E-state index in [1.54, 1.807) is 0 Å². The summed E-state index contributed by atoms with van der Waals surface area (Å²) in [5.74, 6) is 2.53.